The van der Waals surface area contributed by atoms with Crippen LogP contribution in [-0.2, 0) is 34.6 Å². The molecule has 0 atom stereocenters. The first-order valence-corrected chi connectivity index (χ1v) is 16.9. The molecule has 0 N–H and O–H groups in total. The van der Waals surface area contributed by atoms with Gasteiger partial charge in [-0.15, -0.1) is 69.1 Å². The smallest absolute Gasteiger partial charge is 1.00 e. The van der Waals surface area contributed by atoms with Crippen LogP contribution < -0.4 is 24.8 Å². The molecule has 0 aromatic heterocycles. The predicted molar refractivity (Wildman–Crippen MR) is 201 cm³/mol. The Hall–Kier alpha value is -2.61. The van der Waals surface area contributed by atoms with Crippen molar-refractivity contribution in [3.63, 3.8) is 0 Å². The summed E-state index contributed by atoms with van der Waals surface area (Å²) in [6, 6.07) is 40.8. The number of aryl methyl sites for hydroxylation is 2. The van der Waals surface area contributed by atoms with Gasteiger partial charge in [-0.05, 0) is 46.9 Å². The fourth-order valence-electron chi connectivity index (χ4n) is 5.97. The van der Waals surface area contributed by atoms with Gasteiger partial charge in [0.25, 0.3) is 0 Å². The molecule has 0 bridgehead atoms. The molecule has 0 heterocycles. The van der Waals surface area contributed by atoms with Crippen molar-refractivity contribution in [3.8, 4) is 22.3 Å². The van der Waals surface area contributed by atoms with Crippen molar-refractivity contribution in [2.75, 3.05) is 0 Å². The zero-order valence-electron chi connectivity index (χ0n) is 29.8. The maximum atomic E-state index is 3.38. The molecule has 0 unspecified atom stereocenters. The van der Waals surface area contributed by atoms with Crippen molar-refractivity contribution in [1.29, 1.82) is 0 Å². The third kappa shape index (κ3) is 11.2. The number of fused-ring (bicyclic) bond motifs is 2. The molecule has 6 aromatic rings. The van der Waals surface area contributed by atoms with Crippen LogP contribution in [0.4, 0.5) is 0 Å². The van der Waals surface area contributed by atoms with Gasteiger partial charge in [0.15, 0.2) is 0 Å². The molecule has 6 rings (SSSR count). The molecule has 6 aromatic carbocycles. The van der Waals surface area contributed by atoms with E-state index in [1.165, 1.54) is 91.7 Å². The Balaban J connectivity index is 0.000000420. The van der Waals surface area contributed by atoms with Crippen molar-refractivity contribution in [2.45, 2.75) is 85.5 Å². The van der Waals surface area contributed by atoms with Crippen molar-refractivity contribution in [1.82, 2.24) is 0 Å². The SMILES string of the molecule is CCCc1ccc(-c2cccc3[cH-]c(C(C)C)cc23)cc1.CCCc1ccc(-c2cccc3[cH-]c(C(C)C)cc23)cc1.[CH2-]C[CH2-].[Cl-].[Cl-].[Ti+2]. The van der Waals surface area contributed by atoms with Gasteiger partial charge in [-0.3, -0.25) is 0 Å². The third-order valence-corrected chi connectivity index (χ3v) is 8.49. The van der Waals surface area contributed by atoms with E-state index in [2.05, 4.69) is 165 Å². The summed E-state index contributed by atoms with van der Waals surface area (Å²) in [5.41, 5.74) is 11.1. The van der Waals surface area contributed by atoms with E-state index in [-0.39, 0.29) is 46.5 Å². The van der Waals surface area contributed by atoms with Crippen LogP contribution in [0.25, 0.3) is 43.8 Å². The third-order valence-electron chi connectivity index (χ3n) is 8.49. The van der Waals surface area contributed by atoms with Gasteiger partial charge in [0, 0.05) is 0 Å². The van der Waals surface area contributed by atoms with Crippen LogP contribution in [0.3, 0.4) is 0 Å². The number of hydrogen-bond donors (Lipinski definition) is 0. The maximum absolute atomic E-state index is 3.38. The molecule has 3 heteroatoms. The topological polar surface area (TPSA) is 0 Å². The fourth-order valence-corrected chi connectivity index (χ4v) is 5.97. The first-order chi connectivity index (χ1) is 21.8. The van der Waals surface area contributed by atoms with Crippen LogP contribution in [0, 0.1) is 13.8 Å². The summed E-state index contributed by atoms with van der Waals surface area (Å²) in [5, 5.41) is 5.47. The van der Waals surface area contributed by atoms with E-state index in [9.17, 15) is 0 Å². The minimum absolute atomic E-state index is 0. The Morgan fingerprint density at radius 2 is 0.875 bits per heavy atom. The standard InChI is InChI=1S/2C21H23.C3H6.2ClH.Ti/c2*1-4-6-16-9-11-17(12-10-16)20-8-5-7-18-13-19(15(2)3)14-21(18)20;1-3-2;;;/h2*5,7-15H,4,6H2,1-3H3;1-3H2;2*1H;/q2*-1;-2;;;+2/p-2. The van der Waals surface area contributed by atoms with Crippen LogP contribution in [0.5, 0.6) is 0 Å². The van der Waals surface area contributed by atoms with E-state index in [0.29, 0.717) is 11.8 Å². The Kier molecular flexibility index (Phi) is 19.4. The minimum atomic E-state index is 0. The van der Waals surface area contributed by atoms with E-state index < -0.39 is 0 Å². The van der Waals surface area contributed by atoms with Gasteiger partial charge in [-0.1, -0.05) is 126 Å². The van der Waals surface area contributed by atoms with Gasteiger partial charge in [0.1, 0.15) is 0 Å². The molecule has 0 fully saturated rings. The zero-order chi connectivity index (χ0) is 32.3. The number of halogens is 2. The molecule has 0 amide bonds. The van der Waals surface area contributed by atoms with Crippen molar-refractivity contribution in [3.05, 3.63) is 145 Å². The first kappa shape index (κ1) is 43.4. The summed E-state index contributed by atoms with van der Waals surface area (Å²) < 4.78 is 0. The molecule has 0 aliphatic heterocycles. The molecular weight excluding hydrogens is 659 g/mol. The summed E-state index contributed by atoms with van der Waals surface area (Å²) in [7, 11) is 0. The largest absolute Gasteiger partial charge is 2.00 e. The Morgan fingerprint density at radius 3 is 1.17 bits per heavy atom. The average molecular weight is 712 g/mol. The Morgan fingerprint density at radius 1 is 0.542 bits per heavy atom. The molecule has 48 heavy (non-hydrogen) atoms. The second-order valence-corrected chi connectivity index (χ2v) is 12.8. The van der Waals surface area contributed by atoms with Crippen molar-refractivity contribution >= 4 is 21.5 Å². The van der Waals surface area contributed by atoms with Gasteiger partial charge in [0.2, 0.25) is 0 Å². The zero-order valence-corrected chi connectivity index (χ0v) is 32.8. The van der Waals surface area contributed by atoms with Crippen LogP contribution in [0.15, 0.2) is 109 Å². The van der Waals surface area contributed by atoms with Gasteiger partial charge in [0.05, 0.1) is 0 Å². The Labute approximate surface area is 319 Å². The van der Waals surface area contributed by atoms with Gasteiger partial charge in [-0.2, -0.15) is 12.1 Å². The van der Waals surface area contributed by atoms with Crippen LogP contribution in [0.1, 0.15) is 94.9 Å². The second kappa shape index (κ2) is 21.5. The van der Waals surface area contributed by atoms with Gasteiger partial charge < -0.3 is 45.1 Å². The average Bonchev–Trinajstić information content (AvgIpc) is 3.69. The van der Waals surface area contributed by atoms with E-state index in [0.717, 1.165) is 6.42 Å². The number of rotatable bonds is 8. The second-order valence-electron chi connectivity index (χ2n) is 12.8. The summed E-state index contributed by atoms with van der Waals surface area (Å²) in [6.07, 6.45) is 5.49. The summed E-state index contributed by atoms with van der Waals surface area (Å²) >= 11 is 0. The van der Waals surface area contributed by atoms with Crippen molar-refractivity contribution in [2.24, 2.45) is 0 Å². The fraction of sp³-hybridized carbons (Fsp3) is 0.289. The molecule has 0 aliphatic carbocycles. The van der Waals surface area contributed by atoms with Crippen molar-refractivity contribution < 1.29 is 46.5 Å². The molecule has 0 nitrogen and oxygen atoms in total. The number of benzene rings is 4. The summed E-state index contributed by atoms with van der Waals surface area (Å²) in [5.74, 6) is 1.16. The van der Waals surface area contributed by atoms with Gasteiger partial charge in [-0.25, -0.2) is 0 Å². The molecule has 254 valence electrons. The Bertz CT molecular complexity index is 1620. The normalized spacial score (nSPS) is 10.4. The van der Waals surface area contributed by atoms with E-state index in [4.69, 9.17) is 0 Å². The number of hydrogen-bond acceptors (Lipinski definition) is 0. The monoisotopic (exact) mass is 710 g/mol. The molecule has 0 saturated heterocycles. The van der Waals surface area contributed by atoms with E-state index >= 15 is 0 Å². The van der Waals surface area contributed by atoms with Gasteiger partial charge >= 0.3 is 21.7 Å². The summed E-state index contributed by atoms with van der Waals surface area (Å²) in [6.45, 7) is 20.2. The van der Waals surface area contributed by atoms with E-state index in [1.54, 1.807) is 0 Å². The quantitative estimate of drug-likeness (QED) is 0.113. The minimum Gasteiger partial charge on any atom is -1.00 e. The molecule has 0 spiro atoms. The van der Waals surface area contributed by atoms with Crippen LogP contribution in [-0.4, -0.2) is 0 Å². The van der Waals surface area contributed by atoms with E-state index in [1.807, 2.05) is 0 Å². The maximum Gasteiger partial charge on any atom is 2.00 e. The molecule has 0 aliphatic rings. The predicted octanol–water partition coefficient (Wildman–Crippen LogP) is 7.65. The first-order valence-electron chi connectivity index (χ1n) is 16.9. The molecule has 0 saturated carbocycles. The molecule has 0 radical (unpaired) electrons. The molecular formula is C45H52Cl2Ti-4. The van der Waals surface area contributed by atoms with Crippen LogP contribution >= 0.6 is 0 Å². The summed E-state index contributed by atoms with van der Waals surface area (Å²) in [4.78, 5) is 0. The van der Waals surface area contributed by atoms with Crippen LogP contribution in [0.2, 0.25) is 0 Å².